The molecule has 1 aromatic heterocycles. The maximum Gasteiger partial charge on any atom is 0.239 e. The Morgan fingerprint density at radius 3 is 2.89 bits per heavy atom. The SMILES string of the molecule is C[C@@H](Cn1cccn1)N[C@H](C)C(=O)N(C)CCC#N. The van der Waals surface area contributed by atoms with Gasteiger partial charge in [-0.1, -0.05) is 0 Å². The van der Waals surface area contributed by atoms with Crippen LogP contribution in [0, 0.1) is 11.3 Å². The molecule has 1 aromatic rings. The van der Waals surface area contributed by atoms with Gasteiger partial charge in [0.1, 0.15) is 0 Å². The number of carbonyl (C=O) groups excluding carboxylic acids is 1. The van der Waals surface area contributed by atoms with E-state index in [0.29, 0.717) is 19.5 Å². The van der Waals surface area contributed by atoms with E-state index in [1.54, 1.807) is 18.1 Å². The van der Waals surface area contributed by atoms with Crippen LogP contribution in [0.3, 0.4) is 0 Å². The van der Waals surface area contributed by atoms with Gasteiger partial charge in [0, 0.05) is 32.0 Å². The van der Waals surface area contributed by atoms with Crippen molar-refractivity contribution in [2.75, 3.05) is 13.6 Å². The van der Waals surface area contributed by atoms with E-state index in [1.165, 1.54) is 0 Å². The molecule has 0 aliphatic rings. The summed E-state index contributed by atoms with van der Waals surface area (Å²) in [6.07, 6.45) is 3.98. The molecule has 2 atom stereocenters. The van der Waals surface area contributed by atoms with Gasteiger partial charge in [-0.25, -0.2) is 0 Å². The minimum Gasteiger partial charge on any atom is -0.343 e. The molecule has 0 bridgehead atoms. The lowest BCUT2D eigenvalue weighted by molar-refractivity contribution is -0.131. The van der Waals surface area contributed by atoms with E-state index >= 15 is 0 Å². The Balaban J connectivity index is 2.38. The third kappa shape index (κ3) is 5.10. The van der Waals surface area contributed by atoms with Crippen molar-refractivity contribution in [1.82, 2.24) is 20.0 Å². The van der Waals surface area contributed by atoms with Crippen LogP contribution in [-0.4, -0.2) is 46.3 Å². The van der Waals surface area contributed by atoms with E-state index in [9.17, 15) is 4.79 Å². The molecule has 6 nitrogen and oxygen atoms in total. The van der Waals surface area contributed by atoms with Gasteiger partial charge in [0.2, 0.25) is 5.91 Å². The number of nitriles is 1. The van der Waals surface area contributed by atoms with Crippen LogP contribution in [0.25, 0.3) is 0 Å². The highest BCUT2D eigenvalue weighted by atomic mass is 16.2. The number of hydrogen-bond donors (Lipinski definition) is 1. The number of carbonyl (C=O) groups is 1. The van der Waals surface area contributed by atoms with E-state index in [4.69, 9.17) is 5.26 Å². The van der Waals surface area contributed by atoms with Crippen LogP contribution in [-0.2, 0) is 11.3 Å². The number of rotatable bonds is 7. The largest absolute Gasteiger partial charge is 0.343 e. The maximum atomic E-state index is 12.0. The molecular formula is C13H21N5O. The van der Waals surface area contributed by atoms with Crippen molar-refractivity contribution in [2.24, 2.45) is 0 Å². The molecule has 0 aliphatic heterocycles. The van der Waals surface area contributed by atoms with Gasteiger partial charge in [-0.2, -0.15) is 10.4 Å². The van der Waals surface area contributed by atoms with Gasteiger partial charge in [0.25, 0.3) is 0 Å². The van der Waals surface area contributed by atoms with Gasteiger partial charge in [-0.05, 0) is 19.9 Å². The number of nitrogens with zero attached hydrogens (tertiary/aromatic N) is 4. The summed E-state index contributed by atoms with van der Waals surface area (Å²) in [4.78, 5) is 13.6. The highest BCUT2D eigenvalue weighted by Gasteiger charge is 2.18. The van der Waals surface area contributed by atoms with Gasteiger partial charge in [0.15, 0.2) is 0 Å². The molecule has 0 saturated heterocycles. The topological polar surface area (TPSA) is 74.0 Å². The summed E-state index contributed by atoms with van der Waals surface area (Å²) in [5.41, 5.74) is 0. The second-order valence-corrected chi connectivity index (χ2v) is 4.69. The molecule has 104 valence electrons. The third-order valence-corrected chi connectivity index (χ3v) is 2.86. The molecule has 19 heavy (non-hydrogen) atoms. The van der Waals surface area contributed by atoms with Crippen LogP contribution in [0.1, 0.15) is 20.3 Å². The quantitative estimate of drug-likeness (QED) is 0.782. The molecule has 0 saturated carbocycles. The first-order chi connectivity index (χ1) is 9.04. The summed E-state index contributed by atoms with van der Waals surface area (Å²) in [6, 6.07) is 3.78. The Morgan fingerprint density at radius 2 is 2.32 bits per heavy atom. The van der Waals surface area contributed by atoms with Crippen LogP contribution >= 0.6 is 0 Å². The third-order valence-electron chi connectivity index (χ3n) is 2.86. The molecule has 6 heteroatoms. The van der Waals surface area contributed by atoms with Crippen LogP contribution in [0.4, 0.5) is 0 Å². The standard InChI is InChI=1S/C13H21N5O/c1-11(10-18-9-5-7-15-18)16-12(2)13(19)17(3)8-4-6-14/h5,7,9,11-12,16H,4,8,10H2,1-3H3/t11-,12+/m0/s1. The van der Waals surface area contributed by atoms with Gasteiger partial charge in [0.05, 0.1) is 25.1 Å². The molecule has 0 radical (unpaired) electrons. The molecule has 0 fully saturated rings. The molecule has 0 aliphatic carbocycles. The Morgan fingerprint density at radius 1 is 1.58 bits per heavy atom. The van der Waals surface area contributed by atoms with E-state index in [1.807, 2.05) is 36.9 Å². The number of nitrogens with one attached hydrogen (secondary N) is 1. The number of hydrogen-bond acceptors (Lipinski definition) is 4. The molecule has 0 aromatic carbocycles. The summed E-state index contributed by atoms with van der Waals surface area (Å²) in [5.74, 6) is 0.00238. The van der Waals surface area contributed by atoms with Crippen molar-refractivity contribution in [3.63, 3.8) is 0 Å². The first-order valence-electron chi connectivity index (χ1n) is 6.40. The smallest absolute Gasteiger partial charge is 0.239 e. The normalized spacial score (nSPS) is 13.6. The number of aromatic nitrogens is 2. The van der Waals surface area contributed by atoms with Gasteiger partial charge < -0.3 is 10.2 Å². The molecule has 1 N–H and O–H groups in total. The fourth-order valence-electron chi connectivity index (χ4n) is 1.90. The summed E-state index contributed by atoms with van der Waals surface area (Å²) < 4.78 is 1.83. The van der Waals surface area contributed by atoms with E-state index in [-0.39, 0.29) is 18.0 Å². The highest BCUT2D eigenvalue weighted by Crippen LogP contribution is 1.97. The van der Waals surface area contributed by atoms with E-state index in [2.05, 4.69) is 10.4 Å². The zero-order valence-corrected chi connectivity index (χ0v) is 11.7. The van der Waals surface area contributed by atoms with Crippen LogP contribution in [0.5, 0.6) is 0 Å². The minimum absolute atomic E-state index is 0.00238. The van der Waals surface area contributed by atoms with Gasteiger partial charge in [-0.15, -0.1) is 0 Å². The lowest BCUT2D eigenvalue weighted by atomic mass is 10.2. The lowest BCUT2D eigenvalue weighted by Gasteiger charge is -2.24. The maximum absolute atomic E-state index is 12.0. The Hall–Kier alpha value is -1.87. The summed E-state index contributed by atoms with van der Waals surface area (Å²) in [5, 5.41) is 15.9. The molecule has 1 amide bonds. The first-order valence-corrected chi connectivity index (χ1v) is 6.40. The summed E-state index contributed by atoms with van der Waals surface area (Å²) in [6.45, 7) is 5.03. The lowest BCUT2D eigenvalue weighted by Crippen LogP contribution is -2.47. The molecule has 1 rings (SSSR count). The summed E-state index contributed by atoms with van der Waals surface area (Å²) >= 11 is 0. The molecular weight excluding hydrogens is 242 g/mol. The second kappa shape index (κ2) is 7.54. The predicted molar refractivity (Wildman–Crippen MR) is 72.2 cm³/mol. The van der Waals surface area contributed by atoms with Crippen LogP contribution < -0.4 is 5.32 Å². The molecule has 0 unspecified atom stereocenters. The van der Waals surface area contributed by atoms with Crippen molar-refractivity contribution < 1.29 is 4.79 Å². The van der Waals surface area contributed by atoms with Crippen molar-refractivity contribution >= 4 is 5.91 Å². The second-order valence-electron chi connectivity index (χ2n) is 4.69. The number of likely N-dealkylation sites (N-methyl/N-ethyl adjacent to an activating group) is 1. The van der Waals surface area contributed by atoms with E-state index < -0.39 is 0 Å². The van der Waals surface area contributed by atoms with Crippen LogP contribution in [0.2, 0.25) is 0 Å². The Kier molecular flexibility index (Phi) is 6.03. The fourth-order valence-corrected chi connectivity index (χ4v) is 1.90. The Bertz CT molecular complexity index is 423. The van der Waals surface area contributed by atoms with Crippen molar-refractivity contribution in [2.45, 2.75) is 38.9 Å². The molecule has 1 heterocycles. The zero-order valence-electron chi connectivity index (χ0n) is 11.7. The van der Waals surface area contributed by atoms with Crippen molar-refractivity contribution in [1.29, 1.82) is 5.26 Å². The average Bonchev–Trinajstić information content (AvgIpc) is 2.87. The average molecular weight is 263 g/mol. The van der Waals surface area contributed by atoms with Gasteiger partial charge >= 0.3 is 0 Å². The zero-order chi connectivity index (χ0) is 14.3. The minimum atomic E-state index is -0.269. The van der Waals surface area contributed by atoms with Crippen molar-refractivity contribution in [3.8, 4) is 6.07 Å². The van der Waals surface area contributed by atoms with Crippen LogP contribution in [0.15, 0.2) is 18.5 Å². The van der Waals surface area contributed by atoms with Crippen molar-refractivity contribution in [3.05, 3.63) is 18.5 Å². The predicted octanol–water partition coefficient (Wildman–Crippen LogP) is 0.622. The molecule has 0 spiro atoms. The summed E-state index contributed by atoms with van der Waals surface area (Å²) in [7, 11) is 1.72. The number of amides is 1. The fraction of sp³-hybridized carbons (Fsp3) is 0.615. The van der Waals surface area contributed by atoms with E-state index in [0.717, 1.165) is 0 Å². The first kappa shape index (κ1) is 15.2. The highest BCUT2D eigenvalue weighted by molar-refractivity contribution is 5.81. The monoisotopic (exact) mass is 263 g/mol. The van der Waals surface area contributed by atoms with Gasteiger partial charge in [-0.3, -0.25) is 9.48 Å². The Labute approximate surface area is 114 Å².